The monoisotopic (exact) mass is 373 g/mol. The van der Waals surface area contributed by atoms with Crippen LogP contribution in [0.15, 0.2) is 6.33 Å². The molecule has 1 aromatic rings. The predicted molar refractivity (Wildman–Crippen MR) is 80.7 cm³/mol. The van der Waals surface area contributed by atoms with Crippen molar-refractivity contribution >= 4 is 17.9 Å². The molecule has 5 N–H and O–H groups in total. The third kappa shape index (κ3) is 4.51. The molecule has 2 heterocycles. The lowest BCUT2D eigenvalue weighted by Gasteiger charge is -2.14. The van der Waals surface area contributed by atoms with E-state index in [1.54, 1.807) is 0 Å². The van der Waals surface area contributed by atoms with Crippen molar-refractivity contribution in [3.63, 3.8) is 0 Å². The molecule has 1 saturated heterocycles. The van der Waals surface area contributed by atoms with Crippen LogP contribution in [-0.4, -0.2) is 79.2 Å². The van der Waals surface area contributed by atoms with Crippen molar-refractivity contribution in [3.05, 3.63) is 12.2 Å². The van der Waals surface area contributed by atoms with Crippen molar-refractivity contribution in [2.75, 3.05) is 6.61 Å². The van der Waals surface area contributed by atoms with Crippen LogP contribution in [0.1, 0.15) is 25.9 Å². The van der Waals surface area contributed by atoms with Crippen LogP contribution in [0.2, 0.25) is 0 Å². The SMILES string of the molecule is CC(=O)OC(C)OC(=O)NC(=N)c1ncn([C@@H]2O[C@H](CO)[C@@H](O)[C@H]2O)n1. The van der Waals surface area contributed by atoms with E-state index in [-0.39, 0.29) is 5.82 Å². The highest BCUT2D eigenvalue weighted by molar-refractivity contribution is 6.02. The minimum absolute atomic E-state index is 0.222. The number of rotatable bonds is 5. The average molecular weight is 373 g/mol. The van der Waals surface area contributed by atoms with Gasteiger partial charge in [-0.25, -0.2) is 14.5 Å². The number of aliphatic hydroxyl groups is 3. The van der Waals surface area contributed by atoms with E-state index in [1.807, 2.05) is 5.32 Å². The zero-order valence-electron chi connectivity index (χ0n) is 13.9. The first-order valence-corrected chi connectivity index (χ1v) is 7.50. The third-order valence-electron chi connectivity index (χ3n) is 3.34. The number of aromatic nitrogens is 3. The lowest BCUT2D eigenvalue weighted by Crippen LogP contribution is -2.35. The fourth-order valence-corrected chi connectivity index (χ4v) is 2.21. The molecular weight excluding hydrogens is 354 g/mol. The second-order valence-electron chi connectivity index (χ2n) is 5.36. The van der Waals surface area contributed by atoms with Crippen molar-refractivity contribution in [1.29, 1.82) is 5.41 Å². The van der Waals surface area contributed by atoms with Gasteiger partial charge in [0.2, 0.25) is 12.1 Å². The van der Waals surface area contributed by atoms with Gasteiger partial charge in [0.05, 0.1) is 6.61 Å². The van der Waals surface area contributed by atoms with Crippen molar-refractivity contribution in [3.8, 4) is 0 Å². The number of nitrogens with one attached hydrogen (secondary N) is 2. The van der Waals surface area contributed by atoms with Crippen molar-refractivity contribution in [2.24, 2.45) is 0 Å². The van der Waals surface area contributed by atoms with Gasteiger partial charge in [-0.3, -0.25) is 15.5 Å². The Balaban J connectivity index is 1.95. The average Bonchev–Trinajstić information content (AvgIpc) is 3.12. The summed E-state index contributed by atoms with van der Waals surface area (Å²) in [5.41, 5.74) is 0. The summed E-state index contributed by atoms with van der Waals surface area (Å²) in [5, 5.41) is 42.4. The number of amides is 1. The van der Waals surface area contributed by atoms with E-state index in [4.69, 9.17) is 20.0 Å². The quantitative estimate of drug-likeness (QED) is 0.165. The normalized spacial score (nSPS) is 26.2. The molecule has 13 nitrogen and oxygen atoms in total. The number of hydrogen-bond acceptors (Lipinski definition) is 11. The summed E-state index contributed by atoms with van der Waals surface area (Å²) in [5.74, 6) is -1.38. The molecule has 0 aromatic carbocycles. The molecule has 5 atom stereocenters. The third-order valence-corrected chi connectivity index (χ3v) is 3.34. The minimum Gasteiger partial charge on any atom is -0.426 e. The van der Waals surface area contributed by atoms with Gasteiger partial charge in [0, 0.05) is 13.8 Å². The summed E-state index contributed by atoms with van der Waals surface area (Å²) in [6.45, 7) is 1.97. The van der Waals surface area contributed by atoms with Gasteiger partial charge in [0.1, 0.15) is 24.6 Å². The molecule has 13 heteroatoms. The Hall–Kier alpha value is -2.61. The lowest BCUT2D eigenvalue weighted by atomic mass is 10.1. The summed E-state index contributed by atoms with van der Waals surface area (Å²) in [7, 11) is 0. The highest BCUT2D eigenvalue weighted by Crippen LogP contribution is 2.28. The summed E-state index contributed by atoms with van der Waals surface area (Å²) in [6, 6.07) is 0. The van der Waals surface area contributed by atoms with Gasteiger partial charge in [0.15, 0.2) is 12.1 Å². The summed E-state index contributed by atoms with van der Waals surface area (Å²) >= 11 is 0. The van der Waals surface area contributed by atoms with Gasteiger partial charge < -0.3 is 29.5 Å². The maximum atomic E-state index is 11.6. The van der Waals surface area contributed by atoms with Gasteiger partial charge in [-0.05, 0) is 0 Å². The number of esters is 1. The first-order valence-electron chi connectivity index (χ1n) is 7.50. The Morgan fingerprint density at radius 2 is 2.12 bits per heavy atom. The Morgan fingerprint density at radius 1 is 1.42 bits per heavy atom. The number of carbonyl (C=O) groups is 2. The van der Waals surface area contributed by atoms with Crippen LogP contribution >= 0.6 is 0 Å². The molecule has 26 heavy (non-hydrogen) atoms. The maximum Gasteiger partial charge on any atom is 0.415 e. The van der Waals surface area contributed by atoms with E-state index in [1.165, 1.54) is 6.92 Å². The second kappa shape index (κ2) is 8.18. The molecule has 0 saturated carbocycles. The highest BCUT2D eigenvalue weighted by atomic mass is 16.7. The fourth-order valence-electron chi connectivity index (χ4n) is 2.21. The molecule has 0 bridgehead atoms. The van der Waals surface area contributed by atoms with Gasteiger partial charge in [-0.1, -0.05) is 0 Å². The second-order valence-corrected chi connectivity index (χ2v) is 5.36. The number of nitrogens with zero attached hydrogens (tertiary/aromatic N) is 3. The van der Waals surface area contributed by atoms with E-state index in [0.29, 0.717) is 0 Å². The molecule has 1 aromatic heterocycles. The standard InChI is InChI=1S/C13H19N5O8/c1-5(20)24-6(2)25-13(23)16-10(14)11-15-4-18(17-11)12-9(22)8(21)7(3-19)26-12/h4,6-9,12,19,21-22H,3H2,1-2H3,(H2,14,16,23)/t6?,7-,8-,9-,12-/m1/s1. The molecule has 1 aliphatic heterocycles. The lowest BCUT2D eigenvalue weighted by molar-refractivity contribution is -0.161. The molecule has 144 valence electrons. The summed E-state index contributed by atoms with van der Waals surface area (Å²) < 4.78 is 15.6. The van der Waals surface area contributed by atoms with Gasteiger partial charge in [-0.2, -0.15) is 0 Å². The number of hydrogen-bond donors (Lipinski definition) is 5. The molecule has 0 radical (unpaired) electrons. The molecule has 0 spiro atoms. The van der Waals surface area contributed by atoms with E-state index >= 15 is 0 Å². The smallest absolute Gasteiger partial charge is 0.415 e. The van der Waals surface area contributed by atoms with Crippen LogP contribution in [0.3, 0.4) is 0 Å². The van der Waals surface area contributed by atoms with E-state index in [2.05, 4.69) is 14.8 Å². The fraction of sp³-hybridized carbons (Fsp3) is 0.615. The Bertz CT molecular complexity index is 679. The zero-order chi connectivity index (χ0) is 19.4. The van der Waals surface area contributed by atoms with Crippen LogP contribution in [0.4, 0.5) is 4.79 Å². The summed E-state index contributed by atoms with van der Waals surface area (Å²) in [6.07, 6.45) is -5.87. The maximum absolute atomic E-state index is 11.6. The first kappa shape index (κ1) is 19.7. The van der Waals surface area contributed by atoms with Crippen LogP contribution < -0.4 is 5.32 Å². The molecule has 2 rings (SSSR count). The van der Waals surface area contributed by atoms with Crippen LogP contribution in [0.25, 0.3) is 0 Å². The van der Waals surface area contributed by atoms with Crippen LogP contribution in [0, 0.1) is 5.41 Å². The van der Waals surface area contributed by atoms with E-state index in [0.717, 1.165) is 17.9 Å². The Morgan fingerprint density at radius 3 is 2.69 bits per heavy atom. The molecule has 1 fully saturated rings. The van der Waals surface area contributed by atoms with Gasteiger partial charge in [-0.15, -0.1) is 5.10 Å². The van der Waals surface area contributed by atoms with Crippen LogP contribution in [0.5, 0.6) is 0 Å². The summed E-state index contributed by atoms with van der Waals surface area (Å²) in [4.78, 5) is 26.1. The number of carbonyl (C=O) groups excluding carboxylic acids is 2. The molecule has 1 unspecified atom stereocenters. The largest absolute Gasteiger partial charge is 0.426 e. The topological polar surface area (TPSA) is 189 Å². The number of alkyl carbamates (subject to hydrolysis) is 1. The Labute approximate surface area is 147 Å². The minimum atomic E-state index is -1.36. The van der Waals surface area contributed by atoms with Crippen molar-refractivity contribution in [2.45, 2.75) is 44.7 Å². The number of ether oxygens (including phenoxy) is 3. The number of aliphatic hydroxyl groups excluding tert-OH is 3. The first-order chi connectivity index (χ1) is 12.2. The zero-order valence-corrected chi connectivity index (χ0v) is 13.9. The molecule has 1 amide bonds. The Kier molecular flexibility index (Phi) is 6.20. The van der Waals surface area contributed by atoms with E-state index in [9.17, 15) is 19.8 Å². The van der Waals surface area contributed by atoms with E-state index < -0.39 is 55.3 Å². The molecule has 1 aliphatic rings. The van der Waals surface area contributed by atoms with Gasteiger partial charge >= 0.3 is 12.1 Å². The molecule has 0 aliphatic carbocycles. The van der Waals surface area contributed by atoms with Crippen LogP contribution in [-0.2, 0) is 19.0 Å². The molecular formula is C13H19N5O8. The predicted octanol–water partition coefficient (Wildman–Crippen LogP) is -2.15. The van der Waals surface area contributed by atoms with Gasteiger partial charge in [0.25, 0.3) is 0 Å². The number of amidine groups is 1. The van der Waals surface area contributed by atoms with Crippen molar-refractivity contribution < 1.29 is 39.1 Å². The highest BCUT2D eigenvalue weighted by Gasteiger charge is 2.44. The van der Waals surface area contributed by atoms with Crippen molar-refractivity contribution in [1.82, 2.24) is 20.1 Å².